The number of methoxy groups -OCH3 is 2. The minimum atomic E-state index is -0.527. The second-order valence-electron chi connectivity index (χ2n) is 12.3. The number of hydrogen-bond acceptors (Lipinski definition) is 4. The molecule has 1 aromatic carbocycles. The molecule has 0 bridgehead atoms. The van der Waals surface area contributed by atoms with Crippen molar-refractivity contribution in [2.75, 3.05) is 20.8 Å². The average Bonchev–Trinajstić information content (AvgIpc) is 3.16. The lowest BCUT2D eigenvalue weighted by molar-refractivity contribution is -0.173. The van der Waals surface area contributed by atoms with Gasteiger partial charge in [0.15, 0.2) is 5.78 Å². The molecule has 0 heterocycles. The van der Waals surface area contributed by atoms with Gasteiger partial charge in [0.25, 0.3) is 0 Å². The molecule has 4 aliphatic rings. The van der Waals surface area contributed by atoms with Crippen molar-refractivity contribution in [2.45, 2.75) is 77.2 Å². The molecule has 0 radical (unpaired) electrons. The van der Waals surface area contributed by atoms with E-state index >= 15 is 0 Å². The van der Waals surface area contributed by atoms with E-state index in [1.807, 2.05) is 38.3 Å². The van der Waals surface area contributed by atoms with Gasteiger partial charge < -0.3 is 14.6 Å². The summed E-state index contributed by atoms with van der Waals surface area (Å²) in [6, 6.07) is 7.70. The van der Waals surface area contributed by atoms with Gasteiger partial charge in [-0.2, -0.15) is 0 Å². The van der Waals surface area contributed by atoms with Gasteiger partial charge in [0.2, 0.25) is 0 Å². The third-order valence-corrected chi connectivity index (χ3v) is 10.8. The summed E-state index contributed by atoms with van der Waals surface area (Å²) in [7, 11) is 3.52. The zero-order valence-corrected chi connectivity index (χ0v) is 20.9. The fraction of sp³-hybridized carbons (Fsp3) is 0.759. The number of carbonyl (C=O) groups is 1. The van der Waals surface area contributed by atoms with Crippen LogP contribution in [0.1, 0.15) is 82.0 Å². The third-order valence-electron chi connectivity index (χ3n) is 10.8. The Morgan fingerprint density at radius 3 is 2.42 bits per heavy atom. The molecule has 0 saturated heterocycles. The lowest BCUT2D eigenvalue weighted by Gasteiger charge is -2.62. The van der Waals surface area contributed by atoms with E-state index in [2.05, 4.69) is 6.92 Å². The molecule has 5 rings (SSSR count). The predicted molar refractivity (Wildman–Crippen MR) is 129 cm³/mol. The molecule has 2 unspecified atom stereocenters. The van der Waals surface area contributed by atoms with Crippen LogP contribution in [0, 0.1) is 40.4 Å². The maximum absolute atomic E-state index is 13.6. The monoisotopic (exact) mass is 454 g/mol. The molecule has 0 amide bonds. The van der Waals surface area contributed by atoms with Crippen LogP contribution in [0.2, 0.25) is 0 Å². The Labute approximate surface area is 199 Å². The van der Waals surface area contributed by atoms with Gasteiger partial charge in [0, 0.05) is 18.6 Å². The fourth-order valence-corrected chi connectivity index (χ4v) is 9.17. The van der Waals surface area contributed by atoms with Crippen LogP contribution in [0.3, 0.4) is 0 Å². The Kier molecular flexibility index (Phi) is 5.93. The zero-order chi connectivity index (χ0) is 23.4. The van der Waals surface area contributed by atoms with E-state index in [4.69, 9.17) is 9.47 Å². The highest BCUT2D eigenvalue weighted by Crippen LogP contribution is 2.68. The van der Waals surface area contributed by atoms with Gasteiger partial charge in [-0.1, -0.05) is 6.92 Å². The summed E-state index contributed by atoms with van der Waals surface area (Å²) in [4.78, 5) is 13.6. The number of ether oxygens (including phenoxy) is 2. The number of Topliss-reactive ketones (excluding diaryl/α,β-unsaturated/α-hetero) is 1. The molecule has 1 aromatic rings. The molecule has 0 spiro atoms. The Hall–Kier alpha value is -1.39. The number of carbonyl (C=O) groups excluding carboxylic acids is 1. The number of ketones is 1. The maximum Gasteiger partial charge on any atom is 0.166 e. The summed E-state index contributed by atoms with van der Waals surface area (Å²) in [5, 5.41) is 10.8. The quantitative estimate of drug-likeness (QED) is 0.562. The van der Waals surface area contributed by atoms with E-state index in [1.165, 1.54) is 25.7 Å². The third kappa shape index (κ3) is 3.67. The van der Waals surface area contributed by atoms with E-state index in [0.717, 1.165) is 50.0 Å². The predicted octanol–water partition coefficient (Wildman–Crippen LogP) is 5.91. The summed E-state index contributed by atoms with van der Waals surface area (Å²) in [6.45, 7) is 5.28. The van der Waals surface area contributed by atoms with Crippen LogP contribution in [-0.4, -0.2) is 37.3 Å². The molecule has 4 fully saturated rings. The average molecular weight is 455 g/mol. The molecular weight excluding hydrogens is 412 g/mol. The van der Waals surface area contributed by atoms with E-state index in [-0.39, 0.29) is 16.7 Å². The molecule has 0 aliphatic heterocycles. The second-order valence-corrected chi connectivity index (χ2v) is 12.3. The molecule has 1 N–H and O–H groups in total. The summed E-state index contributed by atoms with van der Waals surface area (Å²) in [5.41, 5.74) is 0.610. The van der Waals surface area contributed by atoms with Gasteiger partial charge in [-0.15, -0.1) is 0 Å². The zero-order valence-electron chi connectivity index (χ0n) is 20.9. The standard InChI is InChI=1S/C29H42O4/c1-27(31)15-16-29(18-32-3)20(17-27)7-10-22-23-11-12-25(28(23,2)14-13-24(22)29)26(30)19-5-8-21(33-4)9-6-19/h5-6,8-9,20,22-25,31H,7,10-18H2,1-4H3/t20-,22-,23-,24-,25+,27?,28-,29?/m0/s1. The van der Waals surface area contributed by atoms with Crippen LogP contribution in [0.25, 0.3) is 0 Å². The highest BCUT2D eigenvalue weighted by Gasteiger charge is 2.63. The Morgan fingerprint density at radius 2 is 1.73 bits per heavy atom. The van der Waals surface area contributed by atoms with E-state index < -0.39 is 5.60 Å². The SMILES string of the molecule is COCC12CCC(C)(O)C[C@@H]1CC[C@@H]1[C@@H]2CC[C@]2(C)[C@@H](C(=O)c3ccc(OC)cc3)CC[C@@H]12. The Balaban J connectivity index is 1.40. The van der Waals surface area contributed by atoms with Crippen LogP contribution in [-0.2, 0) is 4.74 Å². The number of fused-ring (bicyclic) bond motifs is 5. The maximum atomic E-state index is 13.6. The summed E-state index contributed by atoms with van der Waals surface area (Å²) >= 11 is 0. The van der Waals surface area contributed by atoms with E-state index in [9.17, 15) is 9.90 Å². The van der Waals surface area contributed by atoms with Crippen LogP contribution < -0.4 is 4.74 Å². The van der Waals surface area contributed by atoms with Gasteiger partial charge >= 0.3 is 0 Å². The number of rotatable bonds is 5. The van der Waals surface area contributed by atoms with Crippen LogP contribution in [0.5, 0.6) is 5.75 Å². The van der Waals surface area contributed by atoms with Gasteiger partial charge in [0.1, 0.15) is 5.75 Å². The molecular formula is C29H42O4. The largest absolute Gasteiger partial charge is 0.497 e. The molecule has 8 atom stereocenters. The van der Waals surface area contributed by atoms with Crippen LogP contribution in [0.4, 0.5) is 0 Å². The first-order valence-corrected chi connectivity index (χ1v) is 13.1. The van der Waals surface area contributed by atoms with Crippen molar-refractivity contribution in [3.63, 3.8) is 0 Å². The molecule has 4 aliphatic carbocycles. The van der Waals surface area contributed by atoms with Crippen molar-refractivity contribution < 1.29 is 19.4 Å². The first-order valence-electron chi connectivity index (χ1n) is 13.1. The van der Waals surface area contributed by atoms with Crippen molar-refractivity contribution in [2.24, 2.45) is 40.4 Å². The number of hydrogen-bond donors (Lipinski definition) is 1. The normalized spacial score (nSPS) is 44.5. The van der Waals surface area contributed by atoms with Crippen molar-refractivity contribution in [1.82, 2.24) is 0 Å². The number of benzene rings is 1. The highest BCUT2D eigenvalue weighted by molar-refractivity contribution is 5.98. The topological polar surface area (TPSA) is 55.8 Å². The van der Waals surface area contributed by atoms with Crippen molar-refractivity contribution >= 4 is 5.78 Å². The molecule has 4 heteroatoms. The van der Waals surface area contributed by atoms with Gasteiger partial charge in [-0.05, 0) is 123 Å². The van der Waals surface area contributed by atoms with Gasteiger partial charge in [-0.25, -0.2) is 0 Å². The minimum absolute atomic E-state index is 0.0967. The van der Waals surface area contributed by atoms with Gasteiger partial charge in [0.05, 0.1) is 19.3 Å². The highest BCUT2D eigenvalue weighted by atomic mass is 16.5. The Morgan fingerprint density at radius 1 is 0.970 bits per heavy atom. The molecule has 4 nitrogen and oxygen atoms in total. The summed E-state index contributed by atoms with van der Waals surface area (Å²) < 4.78 is 11.2. The van der Waals surface area contributed by atoms with Crippen molar-refractivity contribution in [1.29, 1.82) is 0 Å². The molecule has 4 saturated carbocycles. The number of aliphatic hydroxyl groups is 1. The van der Waals surface area contributed by atoms with E-state index in [0.29, 0.717) is 29.5 Å². The molecule has 182 valence electrons. The summed E-state index contributed by atoms with van der Waals surface area (Å²) in [6.07, 6.45) is 9.87. The molecule has 0 aromatic heterocycles. The molecule has 33 heavy (non-hydrogen) atoms. The summed E-state index contributed by atoms with van der Waals surface area (Å²) in [5.74, 6) is 3.79. The van der Waals surface area contributed by atoms with Crippen LogP contribution >= 0.6 is 0 Å². The first kappa shape index (κ1) is 23.4. The smallest absolute Gasteiger partial charge is 0.166 e. The fourth-order valence-electron chi connectivity index (χ4n) is 9.17. The lowest BCUT2D eigenvalue weighted by atomic mass is 9.43. The van der Waals surface area contributed by atoms with Crippen molar-refractivity contribution in [3.8, 4) is 5.75 Å². The Bertz CT molecular complexity index is 876. The lowest BCUT2D eigenvalue weighted by Crippen LogP contribution is -2.58. The van der Waals surface area contributed by atoms with Crippen LogP contribution in [0.15, 0.2) is 24.3 Å². The van der Waals surface area contributed by atoms with E-state index in [1.54, 1.807) is 7.11 Å². The minimum Gasteiger partial charge on any atom is -0.497 e. The van der Waals surface area contributed by atoms with Gasteiger partial charge in [-0.3, -0.25) is 4.79 Å². The first-order chi connectivity index (χ1) is 15.7. The van der Waals surface area contributed by atoms with Crippen molar-refractivity contribution in [3.05, 3.63) is 29.8 Å². The second kappa shape index (κ2) is 8.37.